The second-order valence-electron chi connectivity index (χ2n) is 6.54. The number of ether oxygens (including phenoxy) is 1. The third-order valence-electron chi connectivity index (χ3n) is 4.64. The van der Waals surface area contributed by atoms with Gasteiger partial charge in [0.1, 0.15) is 4.90 Å². The van der Waals surface area contributed by atoms with Crippen molar-refractivity contribution in [1.29, 1.82) is 0 Å². The van der Waals surface area contributed by atoms with E-state index in [4.69, 9.17) is 16.3 Å². The van der Waals surface area contributed by atoms with Crippen molar-refractivity contribution in [3.8, 4) is 0 Å². The lowest BCUT2D eigenvalue weighted by Crippen LogP contribution is -2.44. The van der Waals surface area contributed by atoms with Crippen molar-refractivity contribution in [3.63, 3.8) is 0 Å². The summed E-state index contributed by atoms with van der Waals surface area (Å²) in [6.07, 6.45) is 2.71. The van der Waals surface area contributed by atoms with Crippen LogP contribution < -0.4 is 0 Å². The number of halogens is 1. The molecule has 2 aliphatic heterocycles. The van der Waals surface area contributed by atoms with Gasteiger partial charge in [0.15, 0.2) is 0 Å². The van der Waals surface area contributed by atoms with E-state index in [1.165, 1.54) is 16.4 Å². The topological polar surface area (TPSA) is 66.9 Å². The third kappa shape index (κ3) is 4.00. The van der Waals surface area contributed by atoms with Crippen LogP contribution in [0.15, 0.2) is 23.1 Å². The summed E-state index contributed by atoms with van der Waals surface area (Å²) in [7, 11) is -3.68. The molecule has 0 aliphatic carbocycles. The van der Waals surface area contributed by atoms with Gasteiger partial charge in [0.05, 0.1) is 17.7 Å². The molecule has 0 aromatic heterocycles. The molecule has 0 saturated carbocycles. The average Bonchev–Trinajstić information content (AvgIpc) is 2.62. The fraction of sp³-hybridized carbons (Fsp3) is 0.588. The summed E-state index contributed by atoms with van der Waals surface area (Å²) in [6, 6.07) is 4.49. The standard InChI is InChI=1S/C17H23ClN2O4S/c1-13-12-19(9-10-24-13)17(21)14-5-6-15(18)16(11-14)25(22,23)20-7-3-2-4-8-20/h5-6,11,13H,2-4,7-10,12H2,1H3. The minimum atomic E-state index is -3.68. The zero-order valence-electron chi connectivity index (χ0n) is 14.3. The molecule has 0 radical (unpaired) electrons. The Balaban J connectivity index is 1.88. The molecule has 6 nitrogen and oxygen atoms in total. The maximum absolute atomic E-state index is 12.9. The molecule has 2 aliphatic rings. The molecule has 138 valence electrons. The fourth-order valence-corrected chi connectivity index (χ4v) is 5.28. The minimum absolute atomic E-state index is 0.0169. The molecular weight excluding hydrogens is 364 g/mol. The van der Waals surface area contributed by atoms with E-state index >= 15 is 0 Å². The first kappa shape index (κ1) is 18.6. The molecule has 2 saturated heterocycles. The van der Waals surface area contributed by atoms with Crippen molar-refractivity contribution in [1.82, 2.24) is 9.21 Å². The lowest BCUT2D eigenvalue weighted by atomic mass is 10.2. The first-order valence-electron chi connectivity index (χ1n) is 8.60. The smallest absolute Gasteiger partial charge is 0.254 e. The minimum Gasteiger partial charge on any atom is -0.375 e. The van der Waals surface area contributed by atoms with Crippen molar-refractivity contribution in [2.75, 3.05) is 32.8 Å². The predicted octanol–water partition coefficient (Wildman–Crippen LogP) is 2.38. The van der Waals surface area contributed by atoms with Gasteiger partial charge in [-0.05, 0) is 38.0 Å². The highest BCUT2D eigenvalue weighted by Crippen LogP contribution is 2.28. The zero-order valence-corrected chi connectivity index (χ0v) is 15.9. The molecule has 0 spiro atoms. The lowest BCUT2D eigenvalue weighted by Gasteiger charge is -2.31. The van der Waals surface area contributed by atoms with Gasteiger partial charge in [-0.25, -0.2) is 8.42 Å². The molecule has 0 N–H and O–H groups in total. The summed E-state index contributed by atoms with van der Waals surface area (Å²) in [6.45, 7) is 4.39. The van der Waals surface area contributed by atoms with Gasteiger partial charge in [0, 0.05) is 31.7 Å². The third-order valence-corrected chi connectivity index (χ3v) is 7.02. The van der Waals surface area contributed by atoms with Gasteiger partial charge in [-0.1, -0.05) is 18.0 Å². The first-order valence-corrected chi connectivity index (χ1v) is 10.4. The van der Waals surface area contributed by atoms with E-state index < -0.39 is 10.0 Å². The summed E-state index contributed by atoms with van der Waals surface area (Å²) in [4.78, 5) is 14.4. The highest BCUT2D eigenvalue weighted by atomic mass is 35.5. The number of morpholine rings is 1. The van der Waals surface area contributed by atoms with E-state index in [-0.39, 0.29) is 21.9 Å². The first-order chi connectivity index (χ1) is 11.9. The van der Waals surface area contributed by atoms with Crippen molar-refractivity contribution in [3.05, 3.63) is 28.8 Å². The van der Waals surface area contributed by atoms with Crippen LogP contribution in [0.2, 0.25) is 5.02 Å². The Morgan fingerprint density at radius 2 is 1.92 bits per heavy atom. The molecule has 3 rings (SSSR count). The highest BCUT2D eigenvalue weighted by molar-refractivity contribution is 7.89. The SMILES string of the molecule is CC1CN(C(=O)c2ccc(Cl)c(S(=O)(=O)N3CCCCC3)c2)CCO1. The molecule has 2 fully saturated rings. The molecule has 1 atom stereocenters. The highest BCUT2D eigenvalue weighted by Gasteiger charge is 2.30. The number of hydrogen-bond acceptors (Lipinski definition) is 4. The summed E-state index contributed by atoms with van der Waals surface area (Å²) >= 11 is 6.16. The fourth-order valence-electron chi connectivity index (χ4n) is 3.26. The van der Waals surface area contributed by atoms with Crippen molar-refractivity contribution < 1.29 is 17.9 Å². The van der Waals surface area contributed by atoms with Gasteiger partial charge in [-0.15, -0.1) is 0 Å². The van der Waals surface area contributed by atoms with Crippen LogP contribution >= 0.6 is 11.6 Å². The number of hydrogen-bond donors (Lipinski definition) is 0. The molecule has 1 aromatic carbocycles. The van der Waals surface area contributed by atoms with Crippen LogP contribution in [0.3, 0.4) is 0 Å². The maximum atomic E-state index is 12.9. The van der Waals surface area contributed by atoms with Crippen LogP contribution in [-0.2, 0) is 14.8 Å². The largest absolute Gasteiger partial charge is 0.375 e. The van der Waals surface area contributed by atoms with Crippen molar-refractivity contribution >= 4 is 27.5 Å². The Morgan fingerprint density at radius 1 is 1.20 bits per heavy atom. The Morgan fingerprint density at radius 3 is 2.60 bits per heavy atom. The van der Waals surface area contributed by atoms with Gasteiger partial charge < -0.3 is 9.64 Å². The molecule has 1 aromatic rings. The van der Waals surface area contributed by atoms with Gasteiger partial charge in [0.2, 0.25) is 10.0 Å². The van der Waals surface area contributed by atoms with Crippen LogP contribution in [-0.4, -0.2) is 62.4 Å². The number of benzene rings is 1. The Bertz CT molecular complexity index is 747. The number of carbonyl (C=O) groups is 1. The quantitative estimate of drug-likeness (QED) is 0.799. The molecule has 0 bridgehead atoms. The van der Waals surface area contributed by atoms with E-state index in [2.05, 4.69) is 0 Å². The maximum Gasteiger partial charge on any atom is 0.254 e. The van der Waals surface area contributed by atoms with Crippen LogP contribution in [0, 0.1) is 0 Å². The second kappa shape index (κ2) is 7.61. The summed E-state index contributed by atoms with van der Waals surface area (Å²) in [5.41, 5.74) is 0.342. The number of rotatable bonds is 3. The van der Waals surface area contributed by atoms with Gasteiger partial charge in [0.25, 0.3) is 5.91 Å². The Labute approximate surface area is 153 Å². The Kier molecular flexibility index (Phi) is 5.68. The van der Waals surface area contributed by atoms with E-state index in [1.807, 2.05) is 6.92 Å². The molecule has 8 heteroatoms. The van der Waals surface area contributed by atoms with Crippen LogP contribution in [0.25, 0.3) is 0 Å². The predicted molar refractivity (Wildman–Crippen MR) is 95.4 cm³/mol. The molecule has 1 unspecified atom stereocenters. The number of piperidine rings is 1. The number of nitrogens with zero attached hydrogens (tertiary/aromatic N) is 2. The van der Waals surface area contributed by atoms with Crippen molar-refractivity contribution in [2.45, 2.75) is 37.2 Å². The van der Waals surface area contributed by atoms with E-state index in [0.717, 1.165) is 19.3 Å². The van der Waals surface area contributed by atoms with Gasteiger partial charge in [-0.2, -0.15) is 4.31 Å². The molecule has 1 amide bonds. The summed E-state index contributed by atoms with van der Waals surface area (Å²) in [5.74, 6) is -0.193. The number of carbonyl (C=O) groups excluding carboxylic acids is 1. The number of sulfonamides is 1. The summed E-state index contributed by atoms with van der Waals surface area (Å²) < 4.78 is 32.7. The monoisotopic (exact) mass is 386 g/mol. The lowest BCUT2D eigenvalue weighted by molar-refractivity contribution is -0.0124. The van der Waals surface area contributed by atoms with Crippen LogP contribution in [0.5, 0.6) is 0 Å². The Hall–Kier alpha value is -1.15. The van der Waals surface area contributed by atoms with E-state index in [9.17, 15) is 13.2 Å². The molecular formula is C17H23ClN2O4S. The van der Waals surface area contributed by atoms with Gasteiger partial charge >= 0.3 is 0 Å². The van der Waals surface area contributed by atoms with Crippen molar-refractivity contribution in [2.24, 2.45) is 0 Å². The summed E-state index contributed by atoms with van der Waals surface area (Å²) in [5, 5.41) is 0.150. The van der Waals surface area contributed by atoms with E-state index in [0.29, 0.717) is 38.3 Å². The zero-order chi connectivity index (χ0) is 18.0. The average molecular weight is 387 g/mol. The molecule has 25 heavy (non-hydrogen) atoms. The normalized spacial score (nSPS) is 22.8. The number of amides is 1. The van der Waals surface area contributed by atoms with Gasteiger partial charge in [-0.3, -0.25) is 4.79 Å². The van der Waals surface area contributed by atoms with Crippen LogP contribution in [0.4, 0.5) is 0 Å². The second-order valence-corrected chi connectivity index (χ2v) is 8.86. The van der Waals surface area contributed by atoms with Crippen LogP contribution in [0.1, 0.15) is 36.5 Å². The molecule has 2 heterocycles. The van der Waals surface area contributed by atoms with E-state index in [1.54, 1.807) is 11.0 Å².